The highest BCUT2D eigenvalue weighted by Gasteiger charge is 2.46. The standard InChI is InChI=1S/C16H21N3O6S2/c1-9-3-5-10(6-4-9)27(23,24)12-7-19(18-17-12)13-14(21)11(8-20)25-16(26-2)15(13)22/h3-7,11,13-16,20-22H,8H2,1-2H3/t11?,13?,14-,15?,16-/m0/s1. The summed E-state index contributed by atoms with van der Waals surface area (Å²) in [5.74, 6) is 0. The maximum absolute atomic E-state index is 12.7. The van der Waals surface area contributed by atoms with Crippen LogP contribution in [0.25, 0.3) is 0 Å². The predicted octanol–water partition coefficient (Wildman–Crippen LogP) is -0.238. The first-order valence-electron chi connectivity index (χ1n) is 8.18. The summed E-state index contributed by atoms with van der Waals surface area (Å²) in [6.07, 6.45) is -0.508. The third kappa shape index (κ3) is 3.75. The number of hydrogen-bond acceptors (Lipinski definition) is 9. The molecule has 1 saturated heterocycles. The molecule has 5 atom stereocenters. The fourth-order valence-corrected chi connectivity index (χ4v) is 4.76. The van der Waals surface area contributed by atoms with Gasteiger partial charge in [0.1, 0.15) is 29.8 Å². The molecule has 148 valence electrons. The lowest BCUT2D eigenvalue weighted by molar-refractivity contribution is -0.178. The summed E-state index contributed by atoms with van der Waals surface area (Å²) in [6, 6.07) is 5.31. The van der Waals surface area contributed by atoms with E-state index in [4.69, 9.17) is 4.74 Å². The first-order chi connectivity index (χ1) is 12.8. The van der Waals surface area contributed by atoms with Crippen LogP contribution in [0.1, 0.15) is 11.6 Å². The molecule has 2 aromatic rings. The van der Waals surface area contributed by atoms with Gasteiger partial charge in [0.15, 0.2) is 0 Å². The van der Waals surface area contributed by atoms with E-state index in [1.54, 1.807) is 18.4 Å². The Morgan fingerprint density at radius 3 is 2.48 bits per heavy atom. The monoisotopic (exact) mass is 415 g/mol. The van der Waals surface area contributed by atoms with Gasteiger partial charge in [-0.2, -0.15) is 0 Å². The molecule has 0 aliphatic carbocycles. The van der Waals surface area contributed by atoms with Gasteiger partial charge in [0.05, 0.1) is 17.7 Å². The summed E-state index contributed by atoms with van der Waals surface area (Å²) in [4.78, 5) is 0.0726. The first-order valence-corrected chi connectivity index (χ1v) is 11.0. The van der Waals surface area contributed by atoms with Crippen molar-refractivity contribution in [2.45, 2.75) is 46.6 Å². The summed E-state index contributed by atoms with van der Waals surface area (Å²) in [6.45, 7) is 1.39. The summed E-state index contributed by atoms with van der Waals surface area (Å²) in [5, 5.41) is 37.6. The van der Waals surface area contributed by atoms with E-state index in [0.717, 1.165) is 10.2 Å². The van der Waals surface area contributed by atoms with E-state index in [2.05, 4.69) is 10.3 Å². The maximum Gasteiger partial charge on any atom is 0.227 e. The Bertz CT molecular complexity index is 870. The number of rotatable bonds is 5. The topological polar surface area (TPSA) is 135 Å². The lowest BCUT2D eigenvalue weighted by atomic mass is 9.97. The third-order valence-electron chi connectivity index (χ3n) is 4.48. The average molecular weight is 415 g/mol. The number of hydrogen-bond donors (Lipinski definition) is 3. The summed E-state index contributed by atoms with van der Waals surface area (Å²) in [5.41, 5.74) is 0.209. The van der Waals surface area contributed by atoms with Crippen molar-refractivity contribution >= 4 is 21.6 Å². The molecule has 0 spiro atoms. The Labute approximate surface area is 160 Å². The minimum atomic E-state index is -3.89. The van der Waals surface area contributed by atoms with E-state index in [-0.39, 0.29) is 9.92 Å². The molecule has 0 radical (unpaired) electrons. The molecular formula is C16H21N3O6S2. The molecule has 9 nitrogen and oxygen atoms in total. The van der Waals surface area contributed by atoms with Crippen molar-refractivity contribution < 1.29 is 28.5 Å². The molecule has 3 rings (SSSR count). The minimum Gasteiger partial charge on any atom is -0.394 e. The number of aliphatic hydroxyl groups excluding tert-OH is 3. The minimum absolute atomic E-state index is 0.0726. The van der Waals surface area contributed by atoms with Gasteiger partial charge in [0.25, 0.3) is 0 Å². The number of nitrogens with zero attached hydrogens (tertiary/aromatic N) is 3. The van der Waals surface area contributed by atoms with Crippen molar-refractivity contribution in [3.8, 4) is 0 Å². The van der Waals surface area contributed by atoms with E-state index in [1.165, 1.54) is 30.1 Å². The van der Waals surface area contributed by atoms with Crippen LogP contribution in [0, 0.1) is 6.92 Å². The quantitative estimate of drug-likeness (QED) is 0.605. The molecule has 3 N–H and O–H groups in total. The van der Waals surface area contributed by atoms with Crippen LogP contribution in [0.2, 0.25) is 0 Å². The molecule has 11 heteroatoms. The molecular weight excluding hydrogens is 394 g/mol. The molecule has 2 heterocycles. The molecule has 3 unspecified atom stereocenters. The Morgan fingerprint density at radius 2 is 1.89 bits per heavy atom. The van der Waals surface area contributed by atoms with Gasteiger partial charge in [-0.15, -0.1) is 16.9 Å². The number of ether oxygens (including phenoxy) is 1. The van der Waals surface area contributed by atoms with Crippen molar-refractivity contribution in [3.05, 3.63) is 36.0 Å². The fraction of sp³-hybridized carbons (Fsp3) is 0.500. The number of aryl methyl sites for hydroxylation is 1. The predicted molar refractivity (Wildman–Crippen MR) is 97.0 cm³/mol. The molecule has 1 aromatic heterocycles. The number of benzene rings is 1. The lowest BCUT2D eigenvalue weighted by Crippen LogP contribution is -2.54. The van der Waals surface area contributed by atoms with Gasteiger partial charge in [0, 0.05) is 0 Å². The highest BCUT2D eigenvalue weighted by Crippen LogP contribution is 2.34. The summed E-state index contributed by atoms with van der Waals surface area (Å²) < 4.78 is 32.0. The Balaban J connectivity index is 1.95. The zero-order valence-corrected chi connectivity index (χ0v) is 16.3. The lowest BCUT2D eigenvalue weighted by Gasteiger charge is -2.41. The van der Waals surface area contributed by atoms with E-state index in [9.17, 15) is 23.7 Å². The van der Waals surface area contributed by atoms with Crippen LogP contribution in [0.4, 0.5) is 0 Å². The number of aromatic nitrogens is 3. The van der Waals surface area contributed by atoms with E-state index in [1.807, 2.05) is 6.92 Å². The summed E-state index contributed by atoms with van der Waals surface area (Å²) >= 11 is 1.21. The van der Waals surface area contributed by atoms with Crippen molar-refractivity contribution in [2.24, 2.45) is 0 Å². The smallest absolute Gasteiger partial charge is 0.227 e. The normalized spacial score (nSPS) is 29.0. The number of thioether (sulfide) groups is 1. The largest absolute Gasteiger partial charge is 0.394 e. The molecule has 27 heavy (non-hydrogen) atoms. The van der Waals surface area contributed by atoms with E-state index in [0.29, 0.717) is 0 Å². The average Bonchev–Trinajstić information content (AvgIpc) is 3.13. The Morgan fingerprint density at radius 1 is 1.22 bits per heavy atom. The van der Waals surface area contributed by atoms with Crippen LogP contribution in [-0.4, -0.2) is 75.3 Å². The van der Waals surface area contributed by atoms with Crippen molar-refractivity contribution in [2.75, 3.05) is 12.9 Å². The number of sulfone groups is 1. The third-order valence-corrected chi connectivity index (χ3v) is 6.97. The highest BCUT2D eigenvalue weighted by atomic mass is 32.2. The first kappa shape index (κ1) is 20.2. The fourth-order valence-electron chi connectivity index (χ4n) is 2.94. The van der Waals surface area contributed by atoms with Crippen LogP contribution in [-0.2, 0) is 14.6 Å². The Hall–Kier alpha value is -1.50. The second-order valence-corrected chi connectivity index (χ2v) is 9.12. The SMILES string of the molecule is CS[C@@H]1OC(CO)[C@H](O)C(n2cc(S(=O)(=O)c3ccc(C)cc3)nn2)C1O. The molecule has 0 amide bonds. The molecule has 1 aromatic carbocycles. The van der Waals surface area contributed by atoms with Crippen LogP contribution in [0.15, 0.2) is 40.4 Å². The van der Waals surface area contributed by atoms with Crippen LogP contribution < -0.4 is 0 Å². The second-order valence-electron chi connectivity index (χ2n) is 6.29. The highest BCUT2D eigenvalue weighted by molar-refractivity contribution is 7.99. The second kappa shape index (κ2) is 7.86. The van der Waals surface area contributed by atoms with Crippen LogP contribution in [0.5, 0.6) is 0 Å². The molecule has 1 aliphatic heterocycles. The van der Waals surface area contributed by atoms with Crippen LogP contribution in [0.3, 0.4) is 0 Å². The van der Waals surface area contributed by atoms with Gasteiger partial charge in [-0.3, -0.25) is 0 Å². The van der Waals surface area contributed by atoms with Gasteiger partial charge in [-0.1, -0.05) is 22.9 Å². The van der Waals surface area contributed by atoms with Gasteiger partial charge in [0.2, 0.25) is 14.9 Å². The van der Waals surface area contributed by atoms with Gasteiger partial charge < -0.3 is 20.1 Å². The van der Waals surface area contributed by atoms with Gasteiger partial charge in [-0.05, 0) is 25.3 Å². The van der Waals surface area contributed by atoms with E-state index < -0.39 is 46.2 Å². The molecule has 1 aliphatic rings. The van der Waals surface area contributed by atoms with Crippen molar-refractivity contribution in [1.82, 2.24) is 15.0 Å². The molecule has 0 saturated carbocycles. The van der Waals surface area contributed by atoms with Crippen LogP contribution >= 0.6 is 11.8 Å². The van der Waals surface area contributed by atoms with Gasteiger partial charge >= 0.3 is 0 Å². The number of aliphatic hydroxyl groups is 3. The van der Waals surface area contributed by atoms with Gasteiger partial charge in [-0.25, -0.2) is 13.1 Å². The Kier molecular flexibility index (Phi) is 5.89. The zero-order valence-electron chi connectivity index (χ0n) is 14.7. The molecule has 1 fully saturated rings. The van der Waals surface area contributed by atoms with E-state index >= 15 is 0 Å². The summed E-state index contributed by atoms with van der Waals surface area (Å²) in [7, 11) is -3.89. The van der Waals surface area contributed by atoms with Crippen molar-refractivity contribution in [1.29, 1.82) is 0 Å². The zero-order chi connectivity index (χ0) is 19.8. The maximum atomic E-state index is 12.7. The van der Waals surface area contributed by atoms with Crippen molar-refractivity contribution in [3.63, 3.8) is 0 Å². The molecule has 0 bridgehead atoms.